The lowest BCUT2D eigenvalue weighted by atomic mass is 10.1. The zero-order valence-corrected chi connectivity index (χ0v) is 16.3. The summed E-state index contributed by atoms with van der Waals surface area (Å²) >= 11 is 0. The number of hydrogen-bond acceptors (Lipinski definition) is 4. The maximum atomic E-state index is 13.2. The van der Waals surface area contributed by atoms with Crippen molar-refractivity contribution in [2.75, 3.05) is 26.7 Å². The molecule has 0 bridgehead atoms. The van der Waals surface area contributed by atoms with Gasteiger partial charge in [0.25, 0.3) is 0 Å². The van der Waals surface area contributed by atoms with Crippen LogP contribution >= 0.6 is 0 Å². The van der Waals surface area contributed by atoms with Crippen LogP contribution in [-0.2, 0) is 11.2 Å². The Hall–Kier alpha value is -2.41. The summed E-state index contributed by atoms with van der Waals surface area (Å²) in [7, 11) is 1.78. The summed E-state index contributed by atoms with van der Waals surface area (Å²) in [5, 5.41) is 7.42. The third-order valence-electron chi connectivity index (χ3n) is 4.85. The van der Waals surface area contributed by atoms with Crippen molar-refractivity contribution in [2.45, 2.75) is 39.4 Å². The first-order valence-corrected chi connectivity index (χ1v) is 9.26. The average molecular weight is 374 g/mol. The van der Waals surface area contributed by atoms with Crippen molar-refractivity contribution in [1.82, 2.24) is 15.4 Å². The number of aliphatic imine (C=N–C) groups is 1. The fraction of sp³-hybridized carbons (Fsp3) is 0.500. The van der Waals surface area contributed by atoms with Crippen LogP contribution in [-0.4, -0.2) is 48.8 Å². The SMILES string of the molecule is CN=C(NCCc1c(C)noc1C)N1CC(C)OC(c2ccc(F)cc2)C1. The summed E-state index contributed by atoms with van der Waals surface area (Å²) in [6.07, 6.45) is 0.756. The van der Waals surface area contributed by atoms with E-state index in [1.165, 1.54) is 12.1 Å². The topological polar surface area (TPSA) is 62.9 Å². The number of benzene rings is 1. The monoisotopic (exact) mass is 374 g/mol. The summed E-state index contributed by atoms with van der Waals surface area (Å²) in [5.74, 6) is 1.46. The van der Waals surface area contributed by atoms with E-state index in [9.17, 15) is 4.39 Å². The Morgan fingerprint density at radius 2 is 2.04 bits per heavy atom. The van der Waals surface area contributed by atoms with Gasteiger partial charge in [0.1, 0.15) is 17.7 Å². The van der Waals surface area contributed by atoms with Gasteiger partial charge in [-0.15, -0.1) is 0 Å². The Labute approximate surface area is 159 Å². The Morgan fingerprint density at radius 1 is 1.30 bits per heavy atom. The highest BCUT2D eigenvalue weighted by Gasteiger charge is 2.28. The quantitative estimate of drug-likeness (QED) is 0.658. The molecule has 2 heterocycles. The first-order chi connectivity index (χ1) is 13.0. The molecule has 1 saturated heterocycles. The molecule has 146 valence electrons. The van der Waals surface area contributed by atoms with Gasteiger partial charge in [-0.05, 0) is 44.9 Å². The van der Waals surface area contributed by atoms with Gasteiger partial charge in [-0.1, -0.05) is 17.3 Å². The molecule has 1 N–H and O–H groups in total. The molecule has 0 amide bonds. The molecule has 7 heteroatoms. The number of morpholine rings is 1. The highest BCUT2D eigenvalue weighted by Crippen LogP contribution is 2.25. The maximum absolute atomic E-state index is 13.2. The molecule has 3 rings (SSSR count). The first kappa shape index (κ1) is 19.4. The molecule has 0 saturated carbocycles. The second-order valence-corrected chi connectivity index (χ2v) is 6.92. The van der Waals surface area contributed by atoms with Crippen molar-refractivity contribution in [3.63, 3.8) is 0 Å². The predicted molar refractivity (Wildman–Crippen MR) is 102 cm³/mol. The molecule has 2 unspecified atom stereocenters. The van der Waals surface area contributed by atoms with Gasteiger partial charge in [0, 0.05) is 25.7 Å². The number of rotatable bonds is 4. The second-order valence-electron chi connectivity index (χ2n) is 6.92. The summed E-state index contributed by atoms with van der Waals surface area (Å²) in [6, 6.07) is 6.51. The van der Waals surface area contributed by atoms with Crippen LogP contribution in [0.1, 0.15) is 35.6 Å². The molecule has 2 aromatic rings. The van der Waals surface area contributed by atoms with Crippen molar-refractivity contribution >= 4 is 5.96 Å². The summed E-state index contributed by atoms with van der Waals surface area (Å²) < 4.78 is 24.5. The zero-order chi connectivity index (χ0) is 19.4. The van der Waals surface area contributed by atoms with E-state index < -0.39 is 0 Å². The van der Waals surface area contributed by atoms with Crippen LogP contribution in [0.2, 0.25) is 0 Å². The minimum atomic E-state index is -0.240. The molecule has 0 aliphatic carbocycles. The number of nitrogens with one attached hydrogen (secondary N) is 1. The molecular formula is C20H27FN4O2. The predicted octanol–water partition coefficient (Wildman–Crippen LogP) is 3.01. The fourth-order valence-electron chi connectivity index (χ4n) is 3.48. The number of ether oxygens (including phenoxy) is 1. The molecule has 1 aromatic heterocycles. The third kappa shape index (κ3) is 4.66. The van der Waals surface area contributed by atoms with E-state index in [4.69, 9.17) is 9.26 Å². The van der Waals surface area contributed by atoms with Gasteiger partial charge in [-0.2, -0.15) is 0 Å². The minimum Gasteiger partial charge on any atom is -0.367 e. The lowest BCUT2D eigenvalue weighted by Gasteiger charge is -2.38. The van der Waals surface area contributed by atoms with Gasteiger partial charge in [-0.25, -0.2) is 4.39 Å². The van der Waals surface area contributed by atoms with Gasteiger partial charge >= 0.3 is 0 Å². The Kier molecular flexibility index (Phi) is 6.11. The van der Waals surface area contributed by atoms with Crippen LogP contribution in [0, 0.1) is 19.7 Å². The molecule has 1 aromatic carbocycles. The molecule has 0 spiro atoms. The lowest BCUT2D eigenvalue weighted by molar-refractivity contribution is -0.0604. The van der Waals surface area contributed by atoms with E-state index in [0.717, 1.165) is 48.1 Å². The largest absolute Gasteiger partial charge is 0.367 e. The fourth-order valence-corrected chi connectivity index (χ4v) is 3.48. The summed E-state index contributed by atoms with van der Waals surface area (Å²) in [5.41, 5.74) is 3.04. The van der Waals surface area contributed by atoms with Gasteiger partial charge in [0.05, 0.1) is 18.3 Å². The molecule has 1 aliphatic rings. The number of hydrogen-bond donors (Lipinski definition) is 1. The second kappa shape index (κ2) is 8.52. The average Bonchev–Trinajstić information content (AvgIpc) is 2.97. The van der Waals surface area contributed by atoms with Crippen molar-refractivity contribution in [1.29, 1.82) is 0 Å². The van der Waals surface area contributed by atoms with Gasteiger partial charge in [-0.3, -0.25) is 4.99 Å². The molecule has 6 nitrogen and oxygen atoms in total. The molecule has 2 atom stereocenters. The van der Waals surface area contributed by atoms with E-state index in [0.29, 0.717) is 6.54 Å². The maximum Gasteiger partial charge on any atom is 0.193 e. The molecule has 1 aliphatic heterocycles. The van der Waals surface area contributed by atoms with Crippen molar-refractivity contribution in [3.05, 3.63) is 52.7 Å². The first-order valence-electron chi connectivity index (χ1n) is 9.26. The number of halogens is 1. The summed E-state index contributed by atoms with van der Waals surface area (Å²) in [4.78, 5) is 6.62. The smallest absolute Gasteiger partial charge is 0.193 e. The van der Waals surface area contributed by atoms with Crippen LogP contribution in [0.3, 0.4) is 0 Å². The molecule has 1 fully saturated rings. The van der Waals surface area contributed by atoms with Crippen LogP contribution in [0.4, 0.5) is 4.39 Å². The van der Waals surface area contributed by atoms with Gasteiger partial charge in [0.15, 0.2) is 5.96 Å². The number of aromatic nitrogens is 1. The van der Waals surface area contributed by atoms with Crippen LogP contribution in [0.25, 0.3) is 0 Å². The number of aryl methyl sites for hydroxylation is 2. The number of nitrogens with zero attached hydrogens (tertiary/aromatic N) is 3. The van der Waals surface area contributed by atoms with E-state index in [1.54, 1.807) is 19.2 Å². The van der Waals surface area contributed by atoms with Crippen molar-refractivity contribution < 1.29 is 13.7 Å². The normalized spacial score (nSPS) is 20.8. The Morgan fingerprint density at radius 3 is 2.67 bits per heavy atom. The molecule has 27 heavy (non-hydrogen) atoms. The Bertz CT molecular complexity index is 768. The van der Waals surface area contributed by atoms with E-state index >= 15 is 0 Å². The van der Waals surface area contributed by atoms with Crippen LogP contribution in [0.5, 0.6) is 0 Å². The van der Waals surface area contributed by atoms with Gasteiger partial charge < -0.3 is 19.5 Å². The van der Waals surface area contributed by atoms with Crippen molar-refractivity contribution in [3.8, 4) is 0 Å². The van der Waals surface area contributed by atoms with E-state index in [2.05, 4.69) is 20.4 Å². The zero-order valence-electron chi connectivity index (χ0n) is 16.3. The van der Waals surface area contributed by atoms with E-state index in [1.807, 2.05) is 20.8 Å². The lowest BCUT2D eigenvalue weighted by Crippen LogP contribution is -2.51. The van der Waals surface area contributed by atoms with Crippen molar-refractivity contribution in [2.24, 2.45) is 4.99 Å². The molecular weight excluding hydrogens is 347 g/mol. The summed E-state index contributed by atoms with van der Waals surface area (Å²) in [6.45, 7) is 8.09. The standard InChI is InChI=1S/C20H27FN4O2/c1-13-11-25(12-19(26-13)16-5-7-17(21)8-6-16)20(22-4)23-10-9-18-14(2)24-27-15(18)3/h5-8,13,19H,9-12H2,1-4H3,(H,22,23). The van der Waals surface area contributed by atoms with Gasteiger partial charge in [0.2, 0.25) is 0 Å². The van der Waals surface area contributed by atoms with Crippen LogP contribution < -0.4 is 5.32 Å². The van der Waals surface area contributed by atoms with E-state index in [-0.39, 0.29) is 18.0 Å². The van der Waals surface area contributed by atoms with Crippen LogP contribution in [0.15, 0.2) is 33.8 Å². The highest BCUT2D eigenvalue weighted by atomic mass is 19.1. The minimum absolute atomic E-state index is 0.0508. The third-order valence-corrected chi connectivity index (χ3v) is 4.85. The number of guanidine groups is 1. The highest BCUT2D eigenvalue weighted by molar-refractivity contribution is 5.80. The Balaban J connectivity index is 1.62. The molecule has 0 radical (unpaired) electrons.